The van der Waals surface area contributed by atoms with Crippen LogP contribution in [0.5, 0.6) is 6.01 Å². The third-order valence-electron chi connectivity index (χ3n) is 5.06. The zero-order chi connectivity index (χ0) is 26.3. The number of thioether (sulfide) groups is 1. The summed E-state index contributed by atoms with van der Waals surface area (Å²) in [4.78, 5) is 17.6. The first-order chi connectivity index (χ1) is 17.8. The molecule has 0 aliphatic heterocycles. The van der Waals surface area contributed by atoms with E-state index in [4.69, 9.17) is 9.47 Å². The number of rotatable bonds is 10. The maximum Gasteiger partial charge on any atom is 0.416 e. The first-order valence-electron chi connectivity index (χ1n) is 11.2. The number of nitrogens with zero attached hydrogens (tertiary/aromatic N) is 3. The molecule has 0 unspecified atom stereocenters. The smallest absolute Gasteiger partial charge is 0.416 e. The van der Waals surface area contributed by atoms with Crippen molar-refractivity contribution in [2.45, 2.75) is 11.1 Å². The molecule has 0 bridgehead atoms. The molecular formula is C26H23F3N4O3S. The lowest BCUT2D eigenvalue weighted by Gasteiger charge is -2.10. The van der Waals surface area contributed by atoms with Crippen molar-refractivity contribution in [3.8, 4) is 23.1 Å². The molecule has 4 rings (SSSR count). The van der Waals surface area contributed by atoms with Gasteiger partial charge >= 0.3 is 12.2 Å². The maximum absolute atomic E-state index is 13.3. The third-order valence-corrected chi connectivity index (χ3v) is 6.08. The predicted molar refractivity (Wildman–Crippen MR) is 135 cm³/mol. The van der Waals surface area contributed by atoms with Crippen molar-refractivity contribution in [1.82, 2.24) is 14.8 Å². The number of aromatic nitrogens is 3. The molecule has 0 aliphatic carbocycles. The molecule has 37 heavy (non-hydrogen) atoms. The number of benzene rings is 3. The number of halogens is 3. The van der Waals surface area contributed by atoms with Crippen LogP contribution in [0.15, 0.2) is 83.8 Å². The molecule has 1 N–H and O–H groups in total. The molecule has 1 heterocycles. The van der Waals surface area contributed by atoms with Crippen LogP contribution < -0.4 is 10.1 Å². The molecule has 4 aromatic rings. The van der Waals surface area contributed by atoms with E-state index in [9.17, 15) is 18.0 Å². The van der Waals surface area contributed by atoms with E-state index in [0.717, 1.165) is 17.0 Å². The summed E-state index contributed by atoms with van der Waals surface area (Å²) in [5.74, 6) is 0.256. The summed E-state index contributed by atoms with van der Waals surface area (Å²) in [6, 6.07) is 21.2. The fourth-order valence-electron chi connectivity index (χ4n) is 3.32. The highest BCUT2D eigenvalue weighted by Gasteiger charge is 2.31. The highest BCUT2D eigenvalue weighted by atomic mass is 32.2. The fourth-order valence-corrected chi connectivity index (χ4v) is 4.04. The van der Waals surface area contributed by atoms with Crippen molar-refractivity contribution in [2.75, 3.05) is 31.4 Å². The van der Waals surface area contributed by atoms with Crippen LogP contribution in [-0.4, -0.2) is 46.7 Å². The lowest BCUT2D eigenvalue weighted by molar-refractivity contribution is -0.137. The molecule has 0 atom stereocenters. The Kier molecular flexibility index (Phi) is 8.47. The van der Waals surface area contributed by atoms with Gasteiger partial charge in [-0.15, -0.1) is 16.9 Å². The monoisotopic (exact) mass is 528 g/mol. The number of methoxy groups -OCH3 is 1. The van der Waals surface area contributed by atoms with Gasteiger partial charge in [0, 0.05) is 23.3 Å². The van der Waals surface area contributed by atoms with Gasteiger partial charge < -0.3 is 14.8 Å². The van der Waals surface area contributed by atoms with Crippen molar-refractivity contribution >= 4 is 23.4 Å². The van der Waals surface area contributed by atoms with E-state index in [1.54, 1.807) is 24.3 Å². The van der Waals surface area contributed by atoms with Crippen molar-refractivity contribution in [3.63, 3.8) is 0 Å². The normalized spacial score (nSPS) is 11.4. The molecule has 7 nitrogen and oxygen atoms in total. The fraction of sp³-hybridized carbons (Fsp3) is 0.192. The van der Waals surface area contributed by atoms with Gasteiger partial charge in [-0.2, -0.15) is 18.2 Å². The number of carbonyl (C=O) groups is 1. The minimum atomic E-state index is -4.50. The number of carbonyl (C=O) groups excluding carboxylic acids is 1. The SMILES string of the molecule is COCCOc1nc(-c2cccc(C(F)(F)F)c2)n(-c2ccc(NC(=O)CSc3ccccc3)cc2)n1. The molecule has 1 aromatic heterocycles. The first kappa shape index (κ1) is 26.2. The summed E-state index contributed by atoms with van der Waals surface area (Å²) >= 11 is 1.42. The van der Waals surface area contributed by atoms with Crippen LogP contribution in [0.25, 0.3) is 17.1 Å². The lowest BCUT2D eigenvalue weighted by atomic mass is 10.1. The van der Waals surface area contributed by atoms with E-state index < -0.39 is 11.7 Å². The number of nitrogens with one attached hydrogen (secondary N) is 1. The molecule has 0 fully saturated rings. The van der Waals surface area contributed by atoms with Gasteiger partial charge in [-0.05, 0) is 48.5 Å². The van der Waals surface area contributed by atoms with Gasteiger partial charge in [0.15, 0.2) is 5.82 Å². The molecule has 0 radical (unpaired) electrons. The Labute approximate surface area is 215 Å². The number of alkyl halides is 3. The maximum atomic E-state index is 13.3. The summed E-state index contributed by atoms with van der Waals surface area (Å²) in [6.07, 6.45) is -4.50. The molecular weight excluding hydrogens is 505 g/mol. The van der Waals surface area contributed by atoms with Crippen LogP contribution in [0.3, 0.4) is 0 Å². The Morgan fingerprint density at radius 3 is 2.46 bits per heavy atom. The second kappa shape index (κ2) is 11.9. The number of hydrogen-bond donors (Lipinski definition) is 1. The quantitative estimate of drug-likeness (QED) is 0.210. The Morgan fingerprint density at radius 1 is 1.00 bits per heavy atom. The van der Waals surface area contributed by atoms with Crippen molar-refractivity contribution < 1.29 is 27.4 Å². The van der Waals surface area contributed by atoms with E-state index >= 15 is 0 Å². The molecule has 3 aromatic carbocycles. The lowest BCUT2D eigenvalue weighted by Crippen LogP contribution is -2.14. The van der Waals surface area contributed by atoms with Gasteiger partial charge in [-0.25, -0.2) is 4.68 Å². The van der Waals surface area contributed by atoms with Crippen LogP contribution in [0.4, 0.5) is 18.9 Å². The Morgan fingerprint density at radius 2 is 1.76 bits per heavy atom. The first-order valence-corrected chi connectivity index (χ1v) is 12.2. The van der Waals surface area contributed by atoms with Gasteiger partial charge in [-0.1, -0.05) is 30.3 Å². The van der Waals surface area contributed by atoms with Gasteiger partial charge in [0.1, 0.15) is 6.61 Å². The summed E-state index contributed by atoms with van der Waals surface area (Å²) in [5, 5.41) is 7.16. The zero-order valence-corrected chi connectivity index (χ0v) is 20.6. The van der Waals surface area contributed by atoms with Gasteiger partial charge in [0.05, 0.1) is 23.6 Å². The standard InChI is InChI=1S/C26H23F3N4O3S/c1-35-14-15-36-25-31-24(18-6-5-7-19(16-18)26(27,28)29)33(32-25)21-12-10-20(11-13-21)30-23(34)17-37-22-8-3-2-4-9-22/h2-13,16H,14-15,17H2,1H3,(H,30,34). The van der Waals surface area contributed by atoms with E-state index in [-0.39, 0.29) is 35.7 Å². The second-order valence-corrected chi connectivity index (χ2v) is 8.80. The molecule has 0 saturated heterocycles. The Bertz CT molecular complexity index is 1330. The van der Waals surface area contributed by atoms with Crippen molar-refractivity contribution in [1.29, 1.82) is 0 Å². The Balaban J connectivity index is 1.54. The van der Waals surface area contributed by atoms with E-state index in [1.807, 2.05) is 30.3 Å². The molecule has 0 saturated carbocycles. The summed E-state index contributed by atoms with van der Waals surface area (Å²) in [6.45, 7) is 0.471. The predicted octanol–water partition coefficient (Wildman–Crippen LogP) is 5.71. The van der Waals surface area contributed by atoms with Crippen molar-refractivity contribution in [3.05, 3.63) is 84.4 Å². The van der Waals surface area contributed by atoms with Crippen LogP contribution in [0.1, 0.15) is 5.56 Å². The zero-order valence-electron chi connectivity index (χ0n) is 19.7. The highest BCUT2D eigenvalue weighted by molar-refractivity contribution is 8.00. The van der Waals surface area contributed by atoms with E-state index in [2.05, 4.69) is 15.4 Å². The van der Waals surface area contributed by atoms with Crippen molar-refractivity contribution in [2.24, 2.45) is 0 Å². The molecule has 1 amide bonds. The van der Waals surface area contributed by atoms with Gasteiger partial charge in [0.2, 0.25) is 5.91 Å². The molecule has 192 valence electrons. The third kappa shape index (κ3) is 7.11. The summed E-state index contributed by atoms with van der Waals surface area (Å²) < 4.78 is 51.8. The molecule has 11 heteroatoms. The van der Waals surface area contributed by atoms with Gasteiger partial charge in [0.25, 0.3) is 0 Å². The van der Waals surface area contributed by atoms with Crippen LogP contribution >= 0.6 is 11.8 Å². The van der Waals surface area contributed by atoms with E-state index in [1.165, 1.54) is 35.7 Å². The second-order valence-electron chi connectivity index (χ2n) is 7.75. The van der Waals surface area contributed by atoms with Crippen LogP contribution in [0, 0.1) is 0 Å². The Hall–Kier alpha value is -3.83. The largest absolute Gasteiger partial charge is 0.460 e. The minimum Gasteiger partial charge on any atom is -0.460 e. The average Bonchev–Trinajstić information content (AvgIpc) is 3.32. The molecule has 0 aliphatic rings. The highest BCUT2D eigenvalue weighted by Crippen LogP contribution is 2.33. The van der Waals surface area contributed by atoms with Gasteiger partial charge in [-0.3, -0.25) is 4.79 Å². The van der Waals surface area contributed by atoms with E-state index in [0.29, 0.717) is 18.0 Å². The summed E-state index contributed by atoms with van der Waals surface area (Å²) in [5.41, 5.74) is 0.518. The minimum absolute atomic E-state index is 0.000206. The van der Waals surface area contributed by atoms with Crippen LogP contribution in [0.2, 0.25) is 0 Å². The number of amides is 1. The molecule has 0 spiro atoms. The number of anilines is 1. The number of ether oxygens (including phenoxy) is 2. The number of hydrogen-bond acceptors (Lipinski definition) is 6. The van der Waals surface area contributed by atoms with Crippen LogP contribution in [-0.2, 0) is 15.7 Å². The average molecular weight is 529 g/mol. The topological polar surface area (TPSA) is 78.3 Å². The summed E-state index contributed by atoms with van der Waals surface area (Å²) in [7, 11) is 1.52.